The van der Waals surface area contributed by atoms with Gasteiger partial charge in [-0.1, -0.05) is 23.5 Å². The highest BCUT2D eigenvalue weighted by atomic mass is 32.2. The number of nitrogens with zero attached hydrogens (tertiary/aromatic N) is 3. The Bertz CT molecular complexity index is 1410. The second-order valence-electron chi connectivity index (χ2n) is 9.42. The second-order valence-corrected chi connectivity index (χ2v) is 12.9. The third kappa shape index (κ3) is 5.94. The Morgan fingerprint density at radius 2 is 1.84 bits per heavy atom. The van der Waals surface area contributed by atoms with E-state index in [9.17, 15) is 26.4 Å². The lowest BCUT2D eigenvalue weighted by molar-refractivity contribution is -0.190. The fourth-order valence-corrected chi connectivity index (χ4v) is 6.98. The molecule has 2 atom stereocenters. The van der Waals surface area contributed by atoms with E-state index >= 15 is 0 Å². The average Bonchev–Trinajstić information content (AvgIpc) is 3.23. The molecule has 0 bridgehead atoms. The van der Waals surface area contributed by atoms with E-state index in [1.807, 2.05) is 13.8 Å². The van der Waals surface area contributed by atoms with Crippen LogP contribution in [-0.2, 0) is 19.4 Å². The van der Waals surface area contributed by atoms with E-state index in [-0.39, 0.29) is 36.0 Å². The van der Waals surface area contributed by atoms with E-state index in [0.29, 0.717) is 21.8 Å². The first-order valence-electron chi connectivity index (χ1n) is 12.0. The topological polar surface area (TPSA) is 101 Å². The molecule has 0 aliphatic carbocycles. The van der Waals surface area contributed by atoms with Crippen LogP contribution in [-0.4, -0.2) is 61.0 Å². The van der Waals surface area contributed by atoms with Gasteiger partial charge in [0.25, 0.3) is 0 Å². The fraction of sp³-hybridized carbons (Fsp3) is 0.480. The molecule has 8 nitrogen and oxygen atoms in total. The molecule has 0 radical (unpaired) electrons. The van der Waals surface area contributed by atoms with Gasteiger partial charge in [-0.3, -0.25) is 4.79 Å². The fourth-order valence-electron chi connectivity index (χ4n) is 4.72. The van der Waals surface area contributed by atoms with Crippen molar-refractivity contribution in [1.29, 1.82) is 0 Å². The summed E-state index contributed by atoms with van der Waals surface area (Å²) >= 11 is 1.46. The van der Waals surface area contributed by atoms with Crippen molar-refractivity contribution < 1.29 is 31.1 Å². The maximum absolute atomic E-state index is 14.2. The van der Waals surface area contributed by atoms with E-state index < -0.39 is 33.9 Å². The summed E-state index contributed by atoms with van der Waals surface area (Å²) in [5.41, 5.74) is 2.54. The van der Waals surface area contributed by atoms with Crippen molar-refractivity contribution in [2.75, 3.05) is 31.0 Å². The first-order chi connectivity index (χ1) is 17.8. The van der Waals surface area contributed by atoms with Crippen LogP contribution in [0.2, 0.25) is 0 Å². The number of aromatic nitrogens is 2. The van der Waals surface area contributed by atoms with Crippen LogP contribution in [0.3, 0.4) is 0 Å². The number of hydrogen-bond donors (Lipinski definition) is 1. The third-order valence-electron chi connectivity index (χ3n) is 6.79. The molecule has 1 aromatic carbocycles. The highest BCUT2D eigenvalue weighted by Gasteiger charge is 2.46. The summed E-state index contributed by atoms with van der Waals surface area (Å²) in [6, 6.07) is 3.51. The Balaban J connectivity index is 1.59. The van der Waals surface area contributed by atoms with Crippen molar-refractivity contribution in [2.45, 2.75) is 45.0 Å². The van der Waals surface area contributed by atoms with E-state index in [0.717, 1.165) is 22.4 Å². The molecule has 38 heavy (non-hydrogen) atoms. The number of halogens is 3. The smallest absolute Gasteiger partial charge is 0.377 e. The number of nitrogens with one attached hydrogen (secondary N) is 1. The van der Waals surface area contributed by atoms with Crippen LogP contribution in [0.25, 0.3) is 10.3 Å². The van der Waals surface area contributed by atoms with Crippen LogP contribution in [0.15, 0.2) is 30.5 Å². The zero-order chi connectivity index (χ0) is 27.8. The van der Waals surface area contributed by atoms with E-state index in [1.54, 1.807) is 13.3 Å². The van der Waals surface area contributed by atoms with Crippen molar-refractivity contribution in [3.8, 4) is 0 Å². The number of carbonyl (C=O) groups excluding carboxylic acids is 1. The number of carbonyl (C=O) groups is 1. The number of aryl methyl sites for hydroxylation is 1. The molecule has 1 fully saturated rings. The van der Waals surface area contributed by atoms with Gasteiger partial charge in [0, 0.05) is 31.3 Å². The number of fused-ring (bicyclic) bond motifs is 1. The van der Waals surface area contributed by atoms with Gasteiger partial charge in [-0.15, -0.1) is 0 Å². The second kappa shape index (κ2) is 10.8. The summed E-state index contributed by atoms with van der Waals surface area (Å²) in [6.45, 7) is 3.76. The lowest BCUT2D eigenvalue weighted by Crippen LogP contribution is -2.44. The Morgan fingerprint density at radius 1 is 1.21 bits per heavy atom. The van der Waals surface area contributed by atoms with E-state index in [4.69, 9.17) is 4.74 Å². The Hall–Kier alpha value is -2.77. The van der Waals surface area contributed by atoms with E-state index in [2.05, 4.69) is 15.3 Å². The van der Waals surface area contributed by atoms with Crippen LogP contribution in [0, 0.1) is 12.8 Å². The van der Waals surface area contributed by atoms with Gasteiger partial charge in [-0.05, 0) is 44.4 Å². The SMILES string of the molecule is CO[C@@H](C)c1c(Nc2ccc([C@H](N(C)C(=O)C3CCS(=O)(=O)CC3)C(F)(F)F)cc2)cnc2sc(C)nc12. The van der Waals surface area contributed by atoms with Crippen molar-refractivity contribution in [2.24, 2.45) is 5.92 Å². The number of sulfone groups is 1. The Labute approximate surface area is 223 Å². The Kier molecular flexibility index (Phi) is 8.01. The van der Waals surface area contributed by atoms with Crippen molar-refractivity contribution in [1.82, 2.24) is 14.9 Å². The molecule has 3 aromatic rings. The zero-order valence-corrected chi connectivity index (χ0v) is 23.0. The van der Waals surface area contributed by atoms with Crippen LogP contribution >= 0.6 is 11.3 Å². The molecule has 0 unspecified atom stereocenters. The van der Waals surface area contributed by atoms with Gasteiger partial charge in [-0.25, -0.2) is 18.4 Å². The number of methoxy groups -OCH3 is 1. The van der Waals surface area contributed by atoms with Crippen molar-refractivity contribution in [3.05, 3.63) is 46.6 Å². The molecule has 206 valence electrons. The molecule has 4 rings (SSSR count). The average molecular weight is 571 g/mol. The molecular weight excluding hydrogens is 541 g/mol. The summed E-state index contributed by atoms with van der Waals surface area (Å²) in [4.78, 5) is 23.4. The molecule has 1 aliphatic rings. The number of pyridine rings is 1. The van der Waals surface area contributed by atoms with Gasteiger partial charge < -0.3 is 15.0 Å². The van der Waals surface area contributed by atoms with Gasteiger partial charge >= 0.3 is 6.18 Å². The number of alkyl halides is 3. The molecule has 2 aromatic heterocycles. The minimum atomic E-state index is -4.72. The van der Waals surface area contributed by atoms with Crippen molar-refractivity contribution >= 4 is 48.8 Å². The summed E-state index contributed by atoms with van der Waals surface area (Å²) in [5, 5.41) is 4.06. The third-order valence-corrected chi connectivity index (χ3v) is 9.38. The molecule has 1 N–H and O–H groups in total. The van der Waals surface area contributed by atoms with Crippen molar-refractivity contribution in [3.63, 3.8) is 0 Å². The molecule has 0 spiro atoms. The quantitative estimate of drug-likeness (QED) is 0.409. The van der Waals surface area contributed by atoms with E-state index in [1.165, 1.54) is 35.6 Å². The van der Waals surface area contributed by atoms with Crippen LogP contribution in [0.1, 0.15) is 48.0 Å². The number of amides is 1. The predicted octanol–water partition coefficient (Wildman–Crippen LogP) is 5.34. The van der Waals surface area contributed by atoms with Crippen LogP contribution in [0.5, 0.6) is 0 Å². The van der Waals surface area contributed by atoms with Gasteiger partial charge in [0.15, 0.2) is 6.04 Å². The predicted molar refractivity (Wildman–Crippen MR) is 140 cm³/mol. The molecule has 1 saturated heterocycles. The number of ether oxygens (including phenoxy) is 1. The van der Waals surface area contributed by atoms with Gasteiger partial charge in [0.2, 0.25) is 5.91 Å². The normalized spacial score (nSPS) is 17.8. The summed E-state index contributed by atoms with van der Waals surface area (Å²) < 4.78 is 71.4. The minimum Gasteiger partial charge on any atom is -0.377 e. The lowest BCUT2D eigenvalue weighted by Gasteiger charge is -2.34. The molecule has 0 saturated carbocycles. The van der Waals surface area contributed by atoms with Gasteiger partial charge in [0.05, 0.1) is 34.5 Å². The standard InChI is InChI=1S/C25H29F3N4O4S2/c1-14(36-4)20-19(13-29-23-21(20)30-15(2)37-23)31-18-7-5-16(6-8-18)22(25(26,27)28)32(3)24(33)17-9-11-38(34,35)12-10-17/h5-8,13-14,17,22,31H,9-12H2,1-4H3/t14-,22-/m0/s1. The number of hydrogen-bond acceptors (Lipinski definition) is 8. The molecule has 3 heterocycles. The van der Waals surface area contributed by atoms with Crippen LogP contribution < -0.4 is 5.32 Å². The molecule has 1 aliphatic heterocycles. The number of anilines is 2. The maximum atomic E-state index is 14.2. The maximum Gasteiger partial charge on any atom is 0.413 e. The number of benzene rings is 1. The highest BCUT2D eigenvalue weighted by molar-refractivity contribution is 7.91. The first-order valence-corrected chi connectivity index (χ1v) is 14.6. The molecule has 13 heteroatoms. The lowest BCUT2D eigenvalue weighted by atomic mass is 9.98. The summed E-state index contributed by atoms with van der Waals surface area (Å²) in [7, 11) is -0.548. The highest BCUT2D eigenvalue weighted by Crippen LogP contribution is 2.40. The van der Waals surface area contributed by atoms with Crippen LogP contribution in [0.4, 0.5) is 24.5 Å². The Morgan fingerprint density at radius 3 is 2.42 bits per heavy atom. The monoisotopic (exact) mass is 570 g/mol. The largest absolute Gasteiger partial charge is 0.413 e. The summed E-state index contributed by atoms with van der Waals surface area (Å²) in [6.07, 6.45) is -3.34. The first kappa shape index (κ1) is 28.2. The number of rotatable bonds is 7. The minimum absolute atomic E-state index is 0.0259. The summed E-state index contributed by atoms with van der Waals surface area (Å²) in [5.74, 6) is -1.86. The zero-order valence-electron chi connectivity index (χ0n) is 21.4. The van der Waals surface area contributed by atoms with Gasteiger partial charge in [-0.2, -0.15) is 13.2 Å². The molecular formula is C25H29F3N4O4S2. The number of thiazole rings is 1. The van der Waals surface area contributed by atoms with Gasteiger partial charge in [0.1, 0.15) is 20.2 Å². The molecule has 1 amide bonds.